The second kappa shape index (κ2) is 11.9. The Morgan fingerprint density at radius 2 is 1.95 bits per heavy atom. The molecule has 202 valence electrons. The number of rotatable bonds is 8. The number of halogens is 1. The SMILES string of the molecule is CSc1cnc(Nc2ccc(C(=O)Nc3cc(CN4CCOCC4)ccc3C)cc2F)nc1-c1cnn(C)c1. The van der Waals surface area contributed by atoms with E-state index in [-0.39, 0.29) is 23.1 Å². The Morgan fingerprint density at radius 3 is 2.67 bits per heavy atom. The summed E-state index contributed by atoms with van der Waals surface area (Å²) in [6, 6.07) is 10.3. The van der Waals surface area contributed by atoms with Gasteiger partial charge in [0.05, 0.1) is 35.7 Å². The van der Waals surface area contributed by atoms with Gasteiger partial charge < -0.3 is 15.4 Å². The zero-order valence-corrected chi connectivity index (χ0v) is 22.9. The maximum Gasteiger partial charge on any atom is 0.255 e. The van der Waals surface area contributed by atoms with Crippen LogP contribution < -0.4 is 10.6 Å². The van der Waals surface area contributed by atoms with Gasteiger partial charge >= 0.3 is 0 Å². The number of ether oxygens (including phenoxy) is 1. The van der Waals surface area contributed by atoms with E-state index in [4.69, 9.17) is 4.74 Å². The van der Waals surface area contributed by atoms with Gasteiger partial charge in [0, 0.05) is 55.9 Å². The molecule has 4 aromatic rings. The van der Waals surface area contributed by atoms with Gasteiger partial charge in [-0.3, -0.25) is 14.4 Å². The third-order valence-electron chi connectivity index (χ3n) is 6.49. The number of hydrogen-bond donors (Lipinski definition) is 2. The van der Waals surface area contributed by atoms with E-state index < -0.39 is 5.82 Å². The number of carbonyl (C=O) groups excluding carboxylic acids is 1. The van der Waals surface area contributed by atoms with Gasteiger partial charge in [-0.25, -0.2) is 14.4 Å². The molecular formula is C28H30FN7O2S. The minimum absolute atomic E-state index is 0.171. The van der Waals surface area contributed by atoms with Crippen molar-refractivity contribution in [2.75, 3.05) is 43.2 Å². The lowest BCUT2D eigenvalue weighted by molar-refractivity contribution is 0.0342. The third-order valence-corrected chi connectivity index (χ3v) is 7.23. The molecule has 2 N–H and O–H groups in total. The molecule has 1 saturated heterocycles. The summed E-state index contributed by atoms with van der Waals surface area (Å²) in [5.41, 5.74) is 4.66. The minimum atomic E-state index is -0.582. The quantitative estimate of drug-likeness (QED) is 0.302. The van der Waals surface area contributed by atoms with Crippen LogP contribution in [0.5, 0.6) is 0 Å². The van der Waals surface area contributed by atoms with Crippen molar-refractivity contribution in [2.24, 2.45) is 7.05 Å². The molecule has 0 bridgehead atoms. The average Bonchev–Trinajstić information content (AvgIpc) is 3.38. The monoisotopic (exact) mass is 547 g/mol. The Balaban J connectivity index is 1.29. The summed E-state index contributed by atoms with van der Waals surface area (Å²) in [7, 11) is 1.83. The van der Waals surface area contributed by atoms with Gasteiger partial charge in [0.15, 0.2) is 0 Å². The van der Waals surface area contributed by atoms with Crippen molar-refractivity contribution in [1.29, 1.82) is 0 Å². The molecule has 1 aliphatic rings. The molecule has 0 aliphatic carbocycles. The van der Waals surface area contributed by atoms with E-state index in [2.05, 4.69) is 36.7 Å². The number of anilines is 3. The second-order valence-corrected chi connectivity index (χ2v) is 10.2. The fourth-order valence-corrected chi connectivity index (χ4v) is 4.84. The van der Waals surface area contributed by atoms with Crippen LogP contribution in [0.2, 0.25) is 0 Å². The van der Waals surface area contributed by atoms with Crippen LogP contribution in [-0.4, -0.2) is 63.1 Å². The number of thioether (sulfide) groups is 1. The Labute approximate surface area is 230 Å². The first-order chi connectivity index (χ1) is 18.9. The number of nitrogens with one attached hydrogen (secondary N) is 2. The van der Waals surface area contributed by atoms with Crippen molar-refractivity contribution in [1.82, 2.24) is 24.6 Å². The lowest BCUT2D eigenvalue weighted by atomic mass is 10.1. The van der Waals surface area contributed by atoms with Gasteiger partial charge in [-0.05, 0) is 48.6 Å². The van der Waals surface area contributed by atoms with E-state index in [1.54, 1.807) is 23.1 Å². The Hall–Kier alpha value is -3.80. The van der Waals surface area contributed by atoms with Crippen molar-refractivity contribution in [3.05, 3.63) is 77.5 Å². The van der Waals surface area contributed by atoms with Crippen molar-refractivity contribution >= 4 is 35.0 Å². The first-order valence-electron chi connectivity index (χ1n) is 12.6. The fourth-order valence-electron chi connectivity index (χ4n) is 4.32. The van der Waals surface area contributed by atoms with Crippen LogP contribution in [0.25, 0.3) is 11.3 Å². The molecule has 9 nitrogen and oxygen atoms in total. The molecule has 0 radical (unpaired) electrons. The van der Waals surface area contributed by atoms with Crippen molar-refractivity contribution in [2.45, 2.75) is 18.4 Å². The first-order valence-corrected chi connectivity index (χ1v) is 13.8. The highest BCUT2D eigenvalue weighted by Gasteiger charge is 2.16. The molecule has 5 rings (SSSR count). The molecule has 0 atom stereocenters. The van der Waals surface area contributed by atoms with Gasteiger partial charge in [0.25, 0.3) is 5.91 Å². The summed E-state index contributed by atoms with van der Waals surface area (Å²) in [6.45, 7) is 5.94. The zero-order valence-electron chi connectivity index (χ0n) is 22.1. The van der Waals surface area contributed by atoms with Crippen LogP contribution in [0.3, 0.4) is 0 Å². The summed E-state index contributed by atoms with van der Waals surface area (Å²) >= 11 is 1.52. The molecule has 1 amide bonds. The first kappa shape index (κ1) is 26.8. The lowest BCUT2D eigenvalue weighted by Crippen LogP contribution is -2.35. The van der Waals surface area contributed by atoms with Gasteiger partial charge in [0.1, 0.15) is 5.82 Å². The minimum Gasteiger partial charge on any atom is -0.379 e. The van der Waals surface area contributed by atoms with Crippen molar-refractivity contribution in [3.63, 3.8) is 0 Å². The molecule has 3 heterocycles. The lowest BCUT2D eigenvalue weighted by Gasteiger charge is -2.26. The number of benzene rings is 2. The molecule has 1 fully saturated rings. The summed E-state index contributed by atoms with van der Waals surface area (Å²) in [4.78, 5) is 25.1. The standard InChI is InChI=1S/C28H30FN7O2S/c1-18-4-5-19(16-36-8-10-38-11-9-36)12-24(18)32-27(37)20-6-7-23(22(29)13-20)33-28-30-15-25(39-3)26(34-28)21-14-31-35(2)17-21/h4-7,12-15,17H,8-11,16H2,1-3H3,(H,32,37)(H,30,33,34). The van der Waals surface area contributed by atoms with Crippen LogP contribution in [0.4, 0.5) is 21.7 Å². The molecular weight excluding hydrogens is 517 g/mol. The molecule has 1 aliphatic heterocycles. The average molecular weight is 548 g/mol. The van der Waals surface area contributed by atoms with Gasteiger partial charge in [0.2, 0.25) is 5.95 Å². The predicted molar refractivity (Wildman–Crippen MR) is 151 cm³/mol. The summed E-state index contributed by atoms with van der Waals surface area (Å²) < 4.78 is 22.2. The van der Waals surface area contributed by atoms with Crippen LogP contribution >= 0.6 is 11.8 Å². The predicted octanol–water partition coefficient (Wildman–Crippen LogP) is 4.87. The number of aryl methyl sites for hydroxylation is 2. The molecule has 0 saturated carbocycles. The number of nitrogens with zero attached hydrogens (tertiary/aromatic N) is 5. The largest absolute Gasteiger partial charge is 0.379 e. The van der Waals surface area contributed by atoms with E-state index in [1.807, 2.05) is 38.6 Å². The third kappa shape index (κ3) is 6.44. The summed E-state index contributed by atoms with van der Waals surface area (Å²) in [5, 5.41) is 10.1. The highest BCUT2D eigenvalue weighted by atomic mass is 32.2. The van der Waals surface area contributed by atoms with Crippen molar-refractivity contribution < 1.29 is 13.9 Å². The number of carbonyl (C=O) groups is 1. The summed E-state index contributed by atoms with van der Waals surface area (Å²) in [5.74, 6) is -0.720. The van der Waals surface area contributed by atoms with E-state index >= 15 is 4.39 Å². The number of aromatic nitrogens is 4. The summed E-state index contributed by atoms with van der Waals surface area (Å²) in [6.07, 6.45) is 7.22. The number of morpholine rings is 1. The molecule has 39 heavy (non-hydrogen) atoms. The van der Waals surface area contributed by atoms with Gasteiger partial charge in [-0.1, -0.05) is 12.1 Å². The van der Waals surface area contributed by atoms with E-state index in [0.29, 0.717) is 11.4 Å². The fraction of sp³-hybridized carbons (Fsp3) is 0.286. The Kier molecular flexibility index (Phi) is 8.20. The maximum absolute atomic E-state index is 15.1. The molecule has 0 spiro atoms. The second-order valence-electron chi connectivity index (χ2n) is 9.32. The van der Waals surface area contributed by atoms with E-state index in [9.17, 15) is 4.79 Å². The van der Waals surface area contributed by atoms with Crippen LogP contribution in [0.15, 0.2) is 59.9 Å². The molecule has 2 aromatic heterocycles. The van der Waals surface area contributed by atoms with Crippen LogP contribution in [0, 0.1) is 12.7 Å². The van der Waals surface area contributed by atoms with E-state index in [1.165, 1.54) is 23.9 Å². The van der Waals surface area contributed by atoms with Crippen molar-refractivity contribution in [3.8, 4) is 11.3 Å². The highest BCUT2D eigenvalue weighted by molar-refractivity contribution is 7.98. The molecule has 0 unspecified atom stereocenters. The zero-order chi connectivity index (χ0) is 27.4. The smallest absolute Gasteiger partial charge is 0.255 e. The maximum atomic E-state index is 15.1. The topological polar surface area (TPSA) is 97.2 Å². The Bertz CT molecular complexity index is 1490. The highest BCUT2D eigenvalue weighted by Crippen LogP contribution is 2.29. The van der Waals surface area contributed by atoms with Crippen LogP contribution in [0.1, 0.15) is 21.5 Å². The number of amides is 1. The van der Waals surface area contributed by atoms with Gasteiger partial charge in [-0.2, -0.15) is 5.10 Å². The molecule has 2 aromatic carbocycles. The van der Waals surface area contributed by atoms with Crippen LogP contribution in [-0.2, 0) is 18.3 Å². The number of hydrogen-bond acceptors (Lipinski definition) is 8. The normalized spacial score (nSPS) is 13.8. The van der Waals surface area contributed by atoms with E-state index in [0.717, 1.165) is 54.4 Å². The Morgan fingerprint density at radius 1 is 1.13 bits per heavy atom. The van der Waals surface area contributed by atoms with Gasteiger partial charge in [-0.15, -0.1) is 11.8 Å². The molecule has 11 heteroatoms.